The van der Waals surface area contributed by atoms with E-state index in [-0.39, 0.29) is 22.3 Å². The maximum atomic E-state index is 13.7. The van der Waals surface area contributed by atoms with E-state index in [0.717, 1.165) is 0 Å². The lowest BCUT2D eigenvalue weighted by molar-refractivity contribution is -0.114. The van der Waals surface area contributed by atoms with Gasteiger partial charge in [-0.25, -0.2) is 22.8 Å². The van der Waals surface area contributed by atoms with Crippen LogP contribution in [0.1, 0.15) is 6.92 Å². The number of sulfonamides is 1. The topological polar surface area (TPSA) is 104 Å². The van der Waals surface area contributed by atoms with E-state index in [2.05, 4.69) is 20.0 Å². The summed E-state index contributed by atoms with van der Waals surface area (Å²) in [5.41, 5.74) is 1.76. The highest BCUT2D eigenvalue weighted by Gasteiger charge is 2.29. The average Bonchev–Trinajstić information content (AvgIpc) is 2.75. The van der Waals surface area contributed by atoms with Gasteiger partial charge in [-0.05, 0) is 42.0 Å². The molecule has 0 radical (unpaired) electrons. The van der Waals surface area contributed by atoms with Crippen molar-refractivity contribution in [2.24, 2.45) is 0 Å². The summed E-state index contributed by atoms with van der Waals surface area (Å²) in [4.78, 5) is 21.1. The van der Waals surface area contributed by atoms with Gasteiger partial charge in [0.05, 0.1) is 11.4 Å². The highest BCUT2D eigenvalue weighted by molar-refractivity contribution is 7.93. The van der Waals surface area contributed by atoms with Gasteiger partial charge in [0.1, 0.15) is 16.5 Å². The molecule has 8 nitrogen and oxygen atoms in total. The van der Waals surface area contributed by atoms with Gasteiger partial charge in [0.15, 0.2) is 5.82 Å². The molecule has 0 bridgehead atoms. The lowest BCUT2D eigenvalue weighted by Crippen LogP contribution is -2.14. The second-order valence-electron chi connectivity index (χ2n) is 6.48. The Bertz CT molecular complexity index is 1250. The number of pyridine rings is 2. The predicted molar refractivity (Wildman–Crippen MR) is 107 cm³/mol. The Hall–Kier alpha value is -3.53. The van der Waals surface area contributed by atoms with E-state index in [4.69, 9.17) is 0 Å². The number of aromatic nitrogens is 2. The van der Waals surface area contributed by atoms with E-state index in [9.17, 15) is 17.6 Å². The van der Waals surface area contributed by atoms with Crippen molar-refractivity contribution < 1.29 is 17.6 Å². The molecule has 1 aromatic carbocycles. The monoisotopic (exact) mass is 413 g/mol. The van der Waals surface area contributed by atoms with Crippen molar-refractivity contribution in [3.8, 4) is 11.1 Å². The van der Waals surface area contributed by atoms with Crippen molar-refractivity contribution in [1.82, 2.24) is 9.97 Å². The summed E-state index contributed by atoms with van der Waals surface area (Å²) in [6.45, 7) is 1.37. The fraction of sp³-hybridized carbons (Fsp3) is 0.105. The molecule has 0 saturated carbocycles. The largest absolute Gasteiger partial charge is 0.326 e. The number of amides is 1. The Balaban J connectivity index is 1.85. The van der Waals surface area contributed by atoms with Gasteiger partial charge in [-0.15, -0.1) is 0 Å². The minimum atomic E-state index is -3.96. The summed E-state index contributed by atoms with van der Waals surface area (Å²) in [5, 5.41) is 2.58. The van der Waals surface area contributed by atoms with Crippen molar-refractivity contribution in [3.05, 3.63) is 54.6 Å². The van der Waals surface area contributed by atoms with E-state index in [1.54, 1.807) is 19.2 Å². The second-order valence-corrected chi connectivity index (χ2v) is 8.13. The maximum absolute atomic E-state index is 13.7. The molecular formula is C19H16FN5O3S. The molecule has 0 unspecified atom stereocenters. The number of halogens is 1. The van der Waals surface area contributed by atoms with Crippen LogP contribution in [0, 0.1) is 5.82 Å². The maximum Gasteiger partial charge on any atom is 0.265 e. The van der Waals surface area contributed by atoms with Crippen LogP contribution in [0.5, 0.6) is 0 Å². The molecule has 29 heavy (non-hydrogen) atoms. The standard InChI is InChI=1S/C19H16FN5O3S/c1-11(26)23-18-8-12(5-6-21-18)13-7-17-19(22-10-13)25(2)16-9-14(20)3-4-15(16)24-29(17,27)28/h3-10,24H,1-2H3,(H,21,23,26). The lowest BCUT2D eigenvalue weighted by Gasteiger charge is -2.19. The van der Waals surface area contributed by atoms with Crippen LogP contribution < -0.4 is 14.9 Å². The number of benzene rings is 1. The van der Waals surface area contributed by atoms with Crippen LogP contribution in [0.3, 0.4) is 0 Å². The first-order valence-electron chi connectivity index (χ1n) is 8.55. The van der Waals surface area contributed by atoms with Crippen LogP contribution in [0.4, 0.5) is 27.4 Å². The normalized spacial score (nSPS) is 14.2. The Kier molecular flexibility index (Phi) is 4.42. The Morgan fingerprint density at radius 1 is 1.14 bits per heavy atom. The van der Waals surface area contributed by atoms with Crippen LogP contribution >= 0.6 is 0 Å². The molecule has 4 rings (SSSR count). The quantitative estimate of drug-likeness (QED) is 0.669. The summed E-state index contributed by atoms with van der Waals surface area (Å²) >= 11 is 0. The average molecular weight is 413 g/mol. The van der Waals surface area contributed by atoms with Crippen molar-refractivity contribution >= 4 is 38.9 Å². The summed E-state index contributed by atoms with van der Waals surface area (Å²) < 4.78 is 42.1. The zero-order valence-corrected chi connectivity index (χ0v) is 16.3. The third kappa shape index (κ3) is 3.49. The van der Waals surface area contributed by atoms with Crippen molar-refractivity contribution in [2.75, 3.05) is 22.0 Å². The molecule has 0 saturated heterocycles. The molecule has 0 atom stereocenters. The summed E-state index contributed by atoms with van der Waals surface area (Å²) in [6, 6.07) is 8.58. The number of anilines is 4. The van der Waals surface area contributed by atoms with Crippen LogP contribution in [-0.4, -0.2) is 31.3 Å². The summed E-state index contributed by atoms with van der Waals surface area (Å²) in [7, 11) is -2.34. The Labute approximate surface area is 166 Å². The molecule has 1 aliphatic rings. The fourth-order valence-electron chi connectivity index (χ4n) is 3.09. The number of hydrogen-bond acceptors (Lipinski definition) is 6. The van der Waals surface area contributed by atoms with Gasteiger partial charge in [-0.2, -0.15) is 0 Å². The first-order chi connectivity index (χ1) is 13.7. The number of carbonyl (C=O) groups is 1. The van der Waals surface area contributed by atoms with Crippen LogP contribution in [-0.2, 0) is 14.8 Å². The van der Waals surface area contributed by atoms with E-state index in [1.165, 1.54) is 48.5 Å². The second kappa shape index (κ2) is 6.82. The minimum absolute atomic E-state index is 0.0491. The zero-order chi connectivity index (χ0) is 20.8. The Morgan fingerprint density at radius 3 is 2.69 bits per heavy atom. The zero-order valence-electron chi connectivity index (χ0n) is 15.5. The molecule has 148 valence electrons. The highest BCUT2D eigenvalue weighted by Crippen LogP contribution is 2.40. The van der Waals surface area contributed by atoms with Crippen molar-refractivity contribution in [3.63, 3.8) is 0 Å². The minimum Gasteiger partial charge on any atom is -0.326 e. The number of hydrogen-bond donors (Lipinski definition) is 2. The molecule has 3 aromatic rings. The van der Waals surface area contributed by atoms with E-state index in [0.29, 0.717) is 22.6 Å². The van der Waals surface area contributed by atoms with Crippen LogP contribution in [0.2, 0.25) is 0 Å². The highest BCUT2D eigenvalue weighted by atomic mass is 32.2. The number of nitrogens with zero attached hydrogens (tertiary/aromatic N) is 3. The molecule has 0 spiro atoms. The number of nitrogens with one attached hydrogen (secondary N) is 2. The van der Waals surface area contributed by atoms with E-state index in [1.807, 2.05) is 0 Å². The molecule has 1 amide bonds. The van der Waals surface area contributed by atoms with Crippen molar-refractivity contribution in [1.29, 1.82) is 0 Å². The smallest absolute Gasteiger partial charge is 0.265 e. The molecule has 2 aromatic heterocycles. The molecule has 0 fully saturated rings. The molecule has 1 aliphatic heterocycles. The SMILES string of the molecule is CC(=O)Nc1cc(-c2cnc3c(c2)S(=O)(=O)Nc2ccc(F)cc2N3C)ccn1. The molecule has 0 aliphatic carbocycles. The van der Waals surface area contributed by atoms with Gasteiger partial charge in [-0.3, -0.25) is 9.52 Å². The molecule has 10 heteroatoms. The first kappa shape index (κ1) is 18.8. The molecular weight excluding hydrogens is 397 g/mol. The van der Waals surface area contributed by atoms with Gasteiger partial charge < -0.3 is 10.2 Å². The van der Waals surface area contributed by atoms with Crippen LogP contribution in [0.25, 0.3) is 11.1 Å². The van der Waals surface area contributed by atoms with Gasteiger partial charge in [-0.1, -0.05) is 0 Å². The predicted octanol–water partition coefficient (Wildman–Crippen LogP) is 3.12. The van der Waals surface area contributed by atoms with Gasteiger partial charge in [0, 0.05) is 31.9 Å². The summed E-state index contributed by atoms with van der Waals surface area (Å²) in [5.74, 6) is -0.252. The number of carbonyl (C=O) groups excluding carboxylic acids is 1. The third-order valence-corrected chi connectivity index (χ3v) is 5.77. The number of fused-ring (bicyclic) bond motifs is 2. The van der Waals surface area contributed by atoms with E-state index >= 15 is 0 Å². The fourth-order valence-corrected chi connectivity index (χ4v) is 4.37. The van der Waals surface area contributed by atoms with Gasteiger partial charge >= 0.3 is 0 Å². The molecule has 3 heterocycles. The van der Waals surface area contributed by atoms with Gasteiger partial charge in [0.25, 0.3) is 10.0 Å². The first-order valence-corrected chi connectivity index (χ1v) is 10.0. The van der Waals surface area contributed by atoms with E-state index < -0.39 is 15.8 Å². The van der Waals surface area contributed by atoms with Crippen molar-refractivity contribution in [2.45, 2.75) is 11.8 Å². The third-order valence-electron chi connectivity index (χ3n) is 4.40. The number of rotatable bonds is 2. The lowest BCUT2D eigenvalue weighted by atomic mass is 10.1. The summed E-state index contributed by atoms with van der Waals surface area (Å²) in [6.07, 6.45) is 3.02. The Morgan fingerprint density at radius 2 is 1.93 bits per heavy atom. The van der Waals surface area contributed by atoms with Crippen LogP contribution in [0.15, 0.2) is 53.7 Å². The van der Waals surface area contributed by atoms with Gasteiger partial charge in [0.2, 0.25) is 5.91 Å². The molecule has 2 N–H and O–H groups in total.